The zero-order valence-corrected chi connectivity index (χ0v) is 15.2. The van der Waals surface area contributed by atoms with Crippen LogP contribution in [-0.2, 0) is 20.8 Å². The van der Waals surface area contributed by atoms with Gasteiger partial charge in [-0.1, -0.05) is 12.1 Å². The van der Waals surface area contributed by atoms with Gasteiger partial charge in [0, 0.05) is 38.4 Å². The molecule has 2 heterocycles. The lowest BCUT2D eigenvalue weighted by atomic mass is 10.2. The van der Waals surface area contributed by atoms with E-state index in [0.29, 0.717) is 13.2 Å². The summed E-state index contributed by atoms with van der Waals surface area (Å²) >= 11 is 0. The number of ether oxygens (including phenoxy) is 2. The van der Waals surface area contributed by atoms with Gasteiger partial charge >= 0.3 is 0 Å². The van der Waals surface area contributed by atoms with E-state index in [0.717, 1.165) is 45.1 Å². The second kappa shape index (κ2) is 10.9. The van der Waals surface area contributed by atoms with Gasteiger partial charge in [-0.2, -0.15) is 0 Å². The SMILES string of the molecule is Cl.Cl.O=C(Nc1ccc(CN2CCOCC2)cc1)C1CNCCO1. The van der Waals surface area contributed by atoms with E-state index in [1.54, 1.807) is 0 Å². The highest BCUT2D eigenvalue weighted by Crippen LogP contribution is 2.13. The first-order valence-electron chi connectivity index (χ1n) is 7.83. The quantitative estimate of drug-likeness (QED) is 0.827. The van der Waals surface area contributed by atoms with Gasteiger partial charge in [-0.3, -0.25) is 9.69 Å². The molecule has 8 heteroatoms. The molecule has 0 spiro atoms. The summed E-state index contributed by atoms with van der Waals surface area (Å²) in [6.07, 6.45) is -0.401. The second-order valence-corrected chi connectivity index (χ2v) is 5.64. The third-order valence-corrected chi connectivity index (χ3v) is 3.95. The van der Waals surface area contributed by atoms with Crippen LogP contribution in [-0.4, -0.2) is 62.9 Å². The fourth-order valence-electron chi connectivity index (χ4n) is 2.67. The molecule has 1 aromatic carbocycles. The van der Waals surface area contributed by atoms with Crippen LogP contribution in [0.1, 0.15) is 5.56 Å². The molecule has 6 nitrogen and oxygen atoms in total. The van der Waals surface area contributed by atoms with Gasteiger partial charge in [0.15, 0.2) is 0 Å². The number of rotatable bonds is 4. The van der Waals surface area contributed by atoms with Crippen LogP contribution in [0.4, 0.5) is 5.69 Å². The van der Waals surface area contributed by atoms with Crippen LogP contribution in [0.3, 0.4) is 0 Å². The lowest BCUT2D eigenvalue weighted by Gasteiger charge is -2.26. The number of morpholine rings is 2. The topological polar surface area (TPSA) is 62.8 Å². The molecule has 1 unspecified atom stereocenters. The molecule has 0 saturated carbocycles. The van der Waals surface area contributed by atoms with Gasteiger partial charge in [0.1, 0.15) is 6.10 Å². The Morgan fingerprint density at radius 1 is 1.17 bits per heavy atom. The molecule has 0 radical (unpaired) electrons. The zero-order chi connectivity index (χ0) is 15.2. The number of anilines is 1. The van der Waals surface area contributed by atoms with Crippen molar-refractivity contribution in [3.63, 3.8) is 0 Å². The monoisotopic (exact) mass is 377 g/mol. The summed E-state index contributed by atoms with van der Waals surface area (Å²) in [6, 6.07) is 8.02. The number of benzene rings is 1. The van der Waals surface area contributed by atoms with Gasteiger partial charge in [0.05, 0.1) is 19.8 Å². The van der Waals surface area contributed by atoms with Gasteiger partial charge in [0.25, 0.3) is 5.91 Å². The number of nitrogens with zero attached hydrogens (tertiary/aromatic N) is 1. The first-order chi connectivity index (χ1) is 10.8. The highest BCUT2D eigenvalue weighted by atomic mass is 35.5. The Labute approximate surface area is 155 Å². The summed E-state index contributed by atoms with van der Waals surface area (Å²) in [7, 11) is 0. The zero-order valence-electron chi connectivity index (χ0n) is 13.5. The highest BCUT2D eigenvalue weighted by molar-refractivity contribution is 5.94. The third-order valence-electron chi connectivity index (χ3n) is 3.95. The van der Waals surface area contributed by atoms with Crippen molar-refractivity contribution in [3.05, 3.63) is 29.8 Å². The van der Waals surface area contributed by atoms with Gasteiger partial charge in [-0.05, 0) is 17.7 Å². The summed E-state index contributed by atoms with van der Waals surface area (Å²) < 4.78 is 10.8. The summed E-state index contributed by atoms with van der Waals surface area (Å²) in [5.41, 5.74) is 2.06. The van der Waals surface area contributed by atoms with Crippen molar-refractivity contribution in [2.75, 3.05) is 51.3 Å². The smallest absolute Gasteiger partial charge is 0.254 e. The Bertz CT molecular complexity index is 490. The molecule has 2 aliphatic rings. The average Bonchev–Trinajstić information content (AvgIpc) is 2.58. The predicted molar refractivity (Wildman–Crippen MR) is 98.3 cm³/mol. The molecule has 2 N–H and O–H groups in total. The molecule has 2 fully saturated rings. The van der Waals surface area contributed by atoms with Crippen LogP contribution in [0.5, 0.6) is 0 Å². The van der Waals surface area contributed by atoms with E-state index >= 15 is 0 Å². The molecule has 24 heavy (non-hydrogen) atoms. The summed E-state index contributed by atoms with van der Waals surface area (Å²) in [5, 5.41) is 6.06. The Morgan fingerprint density at radius 2 is 1.88 bits per heavy atom. The Kier molecular flexibility index (Phi) is 9.58. The number of carbonyl (C=O) groups is 1. The first kappa shape index (κ1) is 21.2. The Hall–Kier alpha value is -0.890. The van der Waals surface area contributed by atoms with Crippen LogP contribution in [0.25, 0.3) is 0 Å². The molecular weight excluding hydrogens is 353 g/mol. The van der Waals surface area contributed by atoms with Gasteiger partial charge in [-0.25, -0.2) is 0 Å². The molecule has 3 rings (SSSR count). The normalized spacial score (nSPS) is 21.2. The highest BCUT2D eigenvalue weighted by Gasteiger charge is 2.21. The van der Waals surface area contributed by atoms with Crippen molar-refractivity contribution in [2.24, 2.45) is 0 Å². The van der Waals surface area contributed by atoms with Gasteiger partial charge in [0.2, 0.25) is 0 Å². The molecular formula is C16H25Cl2N3O3. The van der Waals surface area contributed by atoms with E-state index in [1.807, 2.05) is 12.1 Å². The van der Waals surface area contributed by atoms with E-state index in [4.69, 9.17) is 9.47 Å². The number of nitrogens with one attached hydrogen (secondary N) is 2. The lowest BCUT2D eigenvalue weighted by molar-refractivity contribution is -0.128. The van der Waals surface area contributed by atoms with Crippen molar-refractivity contribution in [3.8, 4) is 0 Å². The van der Waals surface area contributed by atoms with Crippen molar-refractivity contribution >= 4 is 36.4 Å². The minimum Gasteiger partial charge on any atom is -0.379 e. The average molecular weight is 378 g/mol. The van der Waals surface area contributed by atoms with Crippen LogP contribution < -0.4 is 10.6 Å². The summed E-state index contributed by atoms with van der Waals surface area (Å²) in [4.78, 5) is 14.4. The van der Waals surface area contributed by atoms with E-state index in [-0.39, 0.29) is 30.7 Å². The molecule has 136 valence electrons. The fourth-order valence-corrected chi connectivity index (χ4v) is 2.67. The largest absolute Gasteiger partial charge is 0.379 e. The van der Waals surface area contributed by atoms with Crippen LogP contribution in [0.15, 0.2) is 24.3 Å². The molecule has 2 saturated heterocycles. The Balaban J connectivity index is 0.00000144. The number of halogens is 2. The fraction of sp³-hybridized carbons (Fsp3) is 0.562. The minimum atomic E-state index is -0.401. The number of hydrogen-bond donors (Lipinski definition) is 2. The van der Waals surface area contributed by atoms with Gasteiger partial charge < -0.3 is 20.1 Å². The minimum absolute atomic E-state index is 0. The number of carbonyl (C=O) groups excluding carboxylic acids is 1. The van der Waals surface area contributed by atoms with Crippen molar-refractivity contribution < 1.29 is 14.3 Å². The first-order valence-corrected chi connectivity index (χ1v) is 7.83. The maximum absolute atomic E-state index is 12.1. The van der Waals surface area contributed by atoms with Crippen LogP contribution in [0.2, 0.25) is 0 Å². The molecule has 0 bridgehead atoms. The lowest BCUT2D eigenvalue weighted by Crippen LogP contribution is -2.45. The van der Waals surface area contributed by atoms with E-state index in [9.17, 15) is 4.79 Å². The molecule has 1 aromatic rings. The third kappa shape index (κ3) is 6.20. The standard InChI is InChI=1S/C16H23N3O3.2ClH/c20-16(15-11-17-5-8-22-15)18-14-3-1-13(2-4-14)12-19-6-9-21-10-7-19;;/h1-4,15,17H,5-12H2,(H,18,20);2*1H. The van der Waals surface area contributed by atoms with Gasteiger partial charge in [-0.15, -0.1) is 24.8 Å². The van der Waals surface area contributed by atoms with Crippen LogP contribution >= 0.6 is 24.8 Å². The van der Waals surface area contributed by atoms with Crippen molar-refractivity contribution in [1.29, 1.82) is 0 Å². The molecule has 1 amide bonds. The summed E-state index contributed by atoms with van der Waals surface area (Å²) in [5.74, 6) is -0.0897. The summed E-state index contributed by atoms with van der Waals surface area (Å²) in [6.45, 7) is 6.45. The number of hydrogen-bond acceptors (Lipinski definition) is 5. The molecule has 0 aromatic heterocycles. The molecule has 1 atom stereocenters. The molecule has 0 aliphatic carbocycles. The van der Waals surface area contributed by atoms with Crippen LogP contribution in [0, 0.1) is 0 Å². The van der Waals surface area contributed by atoms with Crippen molar-refractivity contribution in [2.45, 2.75) is 12.6 Å². The maximum atomic E-state index is 12.1. The predicted octanol–water partition coefficient (Wildman–Crippen LogP) is 1.29. The van der Waals surface area contributed by atoms with E-state index < -0.39 is 6.10 Å². The van der Waals surface area contributed by atoms with E-state index in [2.05, 4.69) is 27.7 Å². The van der Waals surface area contributed by atoms with E-state index in [1.165, 1.54) is 5.56 Å². The second-order valence-electron chi connectivity index (χ2n) is 5.64. The number of amides is 1. The maximum Gasteiger partial charge on any atom is 0.254 e. The molecule has 2 aliphatic heterocycles. The Morgan fingerprint density at radius 3 is 2.50 bits per heavy atom. The van der Waals surface area contributed by atoms with Crippen molar-refractivity contribution in [1.82, 2.24) is 10.2 Å².